The first kappa shape index (κ1) is 47.8. The van der Waals surface area contributed by atoms with Crippen molar-refractivity contribution < 1.29 is 133 Å². The van der Waals surface area contributed by atoms with Gasteiger partial charge in [-0.2, -0.15) is 0 Å². The molecule has 0 bridgehead atoms. The third-order valence-corrected chi connectivity index (χ3v) is 0. The van der Waals surface area contributed by atoms with E-state index in [-0.39, 0.29) is 104 Å². The third kappa shape index (κ3) is 164. The van der Waals surface area contributed by atoms with Crippen LogP contribution in [0.1, 0.15) is 1.43 Å². The van der Waals surface area contributed by atoms with Gasteiger partial charge < -0.3 is 1.43 Å². The molecule has 11 heteroatoms. The molecule has 0 heterocycles. The molecule has 0 rings (SSSR count). The number of rotatable bonds is 0. The minimum absolute atomic E-state index is 0. The van der Waals surface area contributed by atoms with Crippen molar-refractivity contribution in [2.45, 2.75) is 0 Å². The summed E-state index contributed by atoms with van der Waals surface area (Å²) < 4.78 is 31.8. The van der Waals surface area contributed by atoms with Crippen LogP contribution >= 0.6 is 0 Å². The van der Waals surface area contributed by atoms with Crippen LogP contribution in [-0.4, -0.2) is 8.38 Å². The Morgan fingerprint density at radius 2 is 1.00 bits per heavy atom. The standard InChI is InChI=1S/2Co.Li.2Mn.2Ni.2H2O.2O.H/h;;;;;;;2*1H2;;;/q;;+1;;+2;;;;;;;-1/p-2. The molecule has 0 fully saturated rings. The fourth-order valence-electron chi connectivity index (χ4n) is 0. The fourth-order valence-corrected chi connectivity index (χ4v) is 0. The molecule has 0 aromatic carbocycles. The Labute approximate surface area is 131 Å². The number of hydrogen-bond acceptors (Lipinski definition) is 2. The van der Waals surface area contributed by atoms with Crippen molar-refractivity contribution in [3.05, 3.63) is 0 Å². The molecule has 2 N–H and O–H groups in total. The molecule has 0 aromatic heterocycles. The van der Waals surface area contributed by atoms with Gasteiger partial charge in [0.1, 0.15) is 0 Å². The predicted molar refractivity (Wildman–Crippen MR) is 6.92 cm³/mol. The van der Waals surface area contributed by atoms with Gasteiger partial charge in [0.05, 0.1) is 0 Å². The fraction of sp³-hybridized carbons (Fsp3) is 0. The van der Waals surface area contributed by atoms with Gasteiger partial charge in [-0.15, -0.1) is 0 Å². The van der Waals surface area contributed by atoms with E-state index < -0.39 is 13.4 Å². The van der Waals surface area contributed by atoms with Crippen molar-refractivity contribution >= 4 is 0 Å². The van der Waals surface area contributed by atoms with E-state index in [0.29, 0.717) is 0 Å². The molecule has 11 heavy (non-hydrogen) atoms. The summed E-state index contributed by atoms with van der Waals surface area (Å²) in [5.74, 6) is 0. The van der Waals surface area contributed by atoms with Gasteiger partial charge in [0, 0.05) is 83.6 Å². The Hall–Kier alpha value is 3.16. The molecule has 0 unspecified atom stereocenters. The molecular formula is H3Co2LiMn2Ni2O4. The Balaban J connectivity index is -0.00000000381. The van der Waals surface area contributed by atoms with Crippen LogP contribution in [0.4, 0.5) is 0 Å². The van der Waals surface area contributed by atoms with Crippen molar-refractivity contribution in [3.63, 3.8) is 0 Å². The first-order chi connectivity index (χ1) is 2.00. The van der Waals surface area contributed by atoms with E-state index in [1.165, 1.54) is 0 Å². The normalized spacial score (nSPS) is 5.27. The molecule has 4 nitrogen and oxygen atoms in total. The van der Waals surface area contributed by atoms with E-state index in [4.69, 9.17) is 16.0 Å². The molecule has 0 aromatic rings. The second-order valence-electron chi connectivity index (χ2n) is 0.415. The predicted octanol–water partition coefficient (Wildman–Crippen LogP) is -4.25. The van der Waals surface area contributed by atoms with E-state index in [1.807, 2.05) is 0 Å². The molecule has 0 saturated carbocycles. The monoisotopic (exact) mass is 418 g/mol. The summed E-state index contributed by atoms with van der Waals surface area (Å²) >= 11 is -5.12. The van der Waals surface area contributed by atoms with Crippen LogP contribution in [0, 0.1) is 0 Å². The molecule has 0 aliphatic carbocycles. The zero-order valence-electron chi connectivity index (χ0n) is 5.77. The average Bonchev–Trinajstić information content (AvgIpc) is 0.722. The molecule has 0 saturated heterocycles. The second kappa shape index (κ2) is 23.2. The molecule has 0 amide bonds. The molecule has 3 radical (unpaired) electrons. The molecule has 0 aliphatic rings. The van der Waals surface area contributed by atoms with Gasteiger partial charge in [0.25, 0.3) is 0 Å². The topological polar surface area (TPSA) is 74.6 Å². The van der Waals surface area contributed by atoms with Gasteiger partial charge >= 0.3 is 48.3 Å². The Bertz CT molecular complexity index is 112. The maximum absolute atomic E-state index is 8.80. The summed E-state index contributed by atoms with van der Waals surface area (Å²) in [6.07, 6.45) is 0. The van der Waals surface area contributed by atoms with Gasteiger partial charge in [-0.05, 0) is 0 Å². The van der Waals surface area contributed by atoms with E-state index in [1.54, 1.807) is 0 Å². The maximum atomic E-state index is 8.80. The van der Waals surface area contributed by atoms with Crippen LogP contribution in [0.25, 0.3) is 0 Å². The molecular weight excluding hydrogens is 416 g/mol. The van der Waals surface area contributed by atoms with E-state index >= 15 is 0 Å². The van der Waals surface area contributed by atoms with Crippen molar-refractivity contribution in [2.24, 2.45) is 0 Å². The zero-order valence-corrected chi connectivity index (χ0v) is 11.2. The third-order valence-electron chi connectivity index (χ3n) is 0. The van der Waals surface area contributed by atoms with Gasteiger partial charge in [0.15, 0.2) is 0 Å². The van der Waals surface area contributed by atoms with Crippen LogP contribution in [0.3, 0.4) is 0 Å². The van der Waals surface area contributed by atoms with Crippen molar-refractivity contribution in [1.29, 1.82) is 0 Å². The summed E-state index contributed by atoms with van der Waals surface area (Å²) in [6.45, 7) is 0. The van der Waals surface area contributed by atoms with Crippen LogP contribution in [-0.2, 0) is 105 Å². The Morgan fingerprint density at radius 1 is 1.00 bits per heavy atom. The van der Waals surface area contributed by atoms with Crippen LogP contribution < -0.4 is 18.9 Å². The molecule has 0 aliphatic heterocycles. The van der Waals surface area contributed by atoms with Crippen molar-refractivity contribution in [1.82, 2.24) is 0 Å². The zero-order chi connectivity index (χ0) is 4.50. The minimum atomic E-state index is -5.12. The van der Waals surface area contributed by atoms with Gasteiger partial charge in [-0.3, -0.25) is 0 Å². The quantitative estimate of drug-likeness (QED) is 0.391. The van der Waals surface area contributed by atoms with Crippen LogP contribution in [0.2, 0.25) is 0 Å². The van der Waals surface area contributed by atoms with Gasteiger partial charge in [-0.1, -0.05) is 0 Å². The SMILES string of the molecule is [Co].[Co].[H-].[Li+].[Mn].[Ni].[Ni].[O]=[Mn](=[O])([OH])[OH]. The second-order valence-corrected chi connectivity index (χ2v) is 1.71. The summed E-state index contributed by atoms with van der Waals surface area (Å²) in [7, 11) is 0. The molecule has 0 spiro atoms. The first-order valence-corrected chi connectivity index (χ1v) is 2.67. The van der Waals surface area contributed by atoms with Crippen LogP contribution in [0.5, 0.6) is 0 Å². The van der Waals surface area contributed by atoms with Gasteiger partial charge in [0.2, 0.25) is 0 Å². The Morgan fingerprint density at radius 3 is 1.00 bits per heavy atom. The summed E-state index contributed by atoms with van der Waals surface area (Å²) in [6, 6.07) is 0. The molecule has 0 atom stereocenters. The molecule has 80 valence electrons. The summed E-state index contributed by atoms with van der Waals surface area (Å²) in [4.78, 5) is 0. The van der Waals surface area contributed by atoms with Gasteiger partial charge in [-0.25, -0.2) is 0 Å². The van der Waals surface area contributed by atoms with Crippen molar-refractivity contribution in [2.75, 3.05) is 0 Å². The summed E-state index contributed by atoms with van der Waals surface area (Å²) in [5.41, 5.74) is 0. The number of hydrogen-bond donors (Lipinski definition) is 2. The van der Waals surface area contributed by atoms with E-state index in [0.717, 1.165) is 0 Å². The van der Waals surface area contributed by atoms with E-state index in [2.05, 4.69) is 0 Å². The van der Waals surface area contributed by atoms with Crippen LogP contribution in [0.15, 0.2) is 0 Å². The first-order valence-electron chi connectivity index (χ1n) is 0.647. The Kier molecular flexibility index (Phi) is 101. The summed E-state index contributed by atoms with van der Waals surface area (Å²) in [5, 5.41) is 0. The van der Waals surface area contributed by atoms with E-state index in [9.17, 15) is 0 Å². The van der Waals surface area contributed by atoms with Crippen molar-refractivity contribution in [3.8, 4) is 0 Å². The average molecular weight is 419 g/mol.